The van der Waals surface area contributed by atoms with Gasteiger partial charge in [0.2, 0.25) is 0 Å². The first-order valence-corrected chi connectivity index (χ1v) is 8.07. The summed E-state index contributed by atoms with van der Waals surface area (Å²) in [5.74, 6) is -0.364. The Bertz CT molecular complexity index is 739. The molecule has 2 aromatic rings. The van der Waals surface area contributed by atoms with Gasteiger partial charge in [-0.05, 0) is 30.0 Å². The third-order valence-electron chi connectivity index (χ3n) is 2.51. The number of carbonyl (C=O) groups excluding carboxylic acids is 2. The van der Waals surface area contributed by atoms with Gasteiger partial charge in [0.15, 0.2) is 0 Å². The van der Waals surface area contributed by atoms with Crippen molar-refractivity contribution >= 4 is 56.3 Å². The minimum absolute atomic E-state index is 0.344. The highest BCUT2D eigenvalue weighted by atomic mass is 79.9. The van der Waals surface area contributed by atoms with Gasteiger partial charge in [-0.25, -0.2) is 4.98 Å². The van der Waals surface area contributed by atoms with Crippen LogP contribution in [0.5, 0.6) is 0 Å². The summed E-state index contributed by atoms with van der Waals surface area (Å²) in [7, 11) is 0. The Morgan fingerprint density at radius 3 is 2.85 bits per heavy atom. The second-order valence-corrected chi connectivity index (χ2v) is 6.73. The van der Waals surface area contributed by atoms with E-state index >= 15 is 0 Å². The van der Waals surface area contributed by atoms with Crippen molar-refractivity contribution in [2.45, 2.75) is 0 Å². The summed E-state index contributed by atoms with van der Waals surface area (Å²) in [6, 6.07) is 7.85. The Morgan fingerprint density at radius 2 is 2.15 bits per heavy atom. The molecule has 0 radical (unpaired) electrons. The lowest BCUT2D eigenvalue weighted by molar-refractivity contribution is -0.115. The Hall–Kier alpha value is -1.44. The quantitative estimate of drug-likeness (QED) is 0.818. The maximum Gasteiger partial charge on any atom is 0.290 e. The van der Waals surface area contributed by atoms with Crippen LogP contribution in [0.1, 0.15) is 5.69 Å². The number of hydrogen-bond acceptors (Lipinski definition) is 5. The molecule has 0 unspecified atom stereocenters. The molecule has 0 spiro atoms. The average Bonchev–Trinajstić information content (AvgIpc) is 2.97. The summed E-state index contributed by atoms with van der Waals surface area (Å²) in [5, 5.41) is 4.60. The third kappa shape index (κ3) is 2.84. The standard InChI is InChI=1S/C13H7BrN2O2S2/c14-8-3-1-2-7(4-8)12-15-9(6-19-12)5-10-11(17)16-13(18)20-10/h1-6H,(H,16,17,18)/b10-5-. The monoisotopic (exact) mass is 366 g/mol. The van der Waals surface area contributed by atoms with Crippen LogP contribution in [0.25, 0.3) is 16.6 Å². The molecule has 1 fully saturated rings. The number of halogens is 1. The first-order valence-electron chi connectivity index (χ1n) is 5.58. The van der Waals surface area contributed by atoms with Gasteiger partial charge in [-0.1, -0.05) is 28.1 Å². The number of hydrogen-bond donors (Lipinski definition) is 1. The van der Waals surface area contributed by atoms with Gasteiger partial charge in [0.05, 0.1) is 10.6 Å². The second kappa shape index (κ2) is 5.51. The topological polar surface area (TPSA) is 59.1 Å². The van der Waals surface area contributed by atoms with Crippen molar-refractivity contribution in [3.05, 3.63) is 44.7 Å². The maximum atomic E-state index is 11.5. The largest absolute Gasteiger partial charge is 0.290 e. The molecule has 1 aromatic heterocycles. The predicted octanol–water partition coefficient (Wildman–Crippen LogP) is 3.90. The number of nitrogens with zero attached hydrogens (tertiary/aromatic N) is 1. The molecule has 0 atom stereocenters. The van der Waals surface area contributed by atoms with E-state index in [-0.39, 0.29) is 11.1 Å². The van der Waals surface area contributed by atoms with Gasteiger partial charge in [-0.15, -0.1) is 11.3 Å². The van der Waals surface area contributed by atoms with E-state index < -0.39 is 0 Å². The average molecular weight is 367 g/mol. The molecule has 3 rings (SSSR count). The second-order valence-electron chi connectivity index (χ2n) is 3.94. The van der Waals surface area contributed by atoms with Gasteiger partial charge >= 0.3 is 0 Å². The van der Waals surface area contributed by atoms with E-state index in [0.717, 1.165) is 26.8 Å². The third-order valence-corrected chi connectivity index (χ3v) is 4.73. The lowest BCUT2D eigenvalue weighted by Crippen LogP contribution is -2.17. The molecule has 20 heavy (non-hydrogen) atoms. The van der Waals surface area contributed by atoms with Crippen molar-refractivity contribution in [3.63, 3.8) is 0 Å². The summed E-state index contributed by atoms with van der Waals surface area (Å²) < 4.78 is 0.987. The van der Waals surface area contributed by atoms with E-state index in [9.17, 15) is 9.59 Å². The molecule has 0 bridgehead atoms. The number of nitrogens with one attached hydrogen (secondary N) is 1. The molecule has 2 heterocycles. The van der Waals surface area contributed by atoms with Crippen LogP contribution < -0.4 is 5.32 Å². The van der Waals surface area contributed by atoms with E-state index in [1.807, 2.05) is 29.6 Å². The van der Waals surface area contributed by atoms with Crippen molar-refractivity contribution in [1.82, 2.24) is 10.3 Å². The number of imide groups is 1. The van der Waals surface area contributed by atoms with Crippen LogP contribution in [0.3, 0.4) is 0 Å². The van der Waals surface area contributed by atoms with E-state index in [2.05, 4.69) is 26.2 Å². The van der Waals surface area contributed by atoms with Crippen molar-refractivity contribution < 1.29 is 9.59 Å². The zero-order valence-corrected chi connectivity index (χ0v) is 13.1. The lowest BCUT2D eigenvalue weighted by atomic mass is 10.2. The first kappa shape index (κ1) is 13.5. The normalized spacial score (nSPS) is 16.8. The van der Waals surface area contributed by atoms with Crippen LogP contribution in [0.2, 0.25) is 0 Å². The van der Waals surface area contributed by atoms with E-state index in [1.165, 1.54) is 11.3 Å². The lowest BCUT2D eigenvalue weighted by Gasteiger charge is -1.96. The number of carbonyl (C=O) groups is 2. The Kier molecular flexibility index (Phi) is 3.73. The zero-order valence-electron chi connectivity index (χ0n) is 9.92. The van der Waals surface area contributed by atoms with E-state index in [1.54, 1.807) is 6.08 Å². The number of thiazole rings is 1. The number of amides is 2. The highest BCUT2D eigenvalue weighted by Crippen LogP contribution is 2.29. The number of aromatic nitrogens is 1. The molecule has 1 aliphatic heterocycles. The Labute approximate surface area is 131 Å². The van der Waals surface area contributed by atoms with Crippen LogP contribution in [0, 0.1) is 0 Å². The van der Waals surface area contributed by atoms with Gasteiger partial charge in [0.1, 0.15) is 5.01 Å². The van der Waals surface area contributed by atoms with Crippen LogP contribution in [-0.4, -0.2) is 16.1 Å². The molecular weight excluding hydrogens is 360 g/mol. The van der Waals surface area contributed by atoms with Crippen LogP contribution in [-0.2, 0) is 4.79 Å². The molecule has 1 aliphatic rings. The molecule has 1 N–H and O–H groups in total. The predicted molar refractivity (Wildman–Crippen MR) is 84.4 cm³/mol. The fourth-order valence-electron chi connectivity index (χ4n) is 1.66. The Morgan fingerprint density at radius 1 is 1.30 bits per heavy atom. The minimum atomic E-state index is -0.364. The Balaban J connectivity index is 1.89. The SMILES string of the molecule is O=C1NC(=O)/C(=C/c2csc(-c3cccc(Br)c3)n2)S1. The molecule has 2 amide bonds. The molecular formula is C13H7BrN2O2S2. The van der Waals surface area contributed by atoms with E-state index in [0.29, 0.717) is 10.6 Å². The minimum Gasteiger partial charge on any atom is -0.282 e. The van der Waals surface area contributed by atoms with Gasteiger partial charge in [0, 0.05) is 15.4 Å². The summed E-state index contributed by atoms with van der Waals surface area (Å²) in [6.07, 6.45) is 1.63. The van der Waals surface area contributed by atoms with Crippen molar-refractivity contribution in [3.8, 4) is 10.6 Å². The number of thioether (sulfide) groups is 1. The summed E-state index contributed by atoms with van der Waals surface area (Å²) in [6.45, 7) is 0. The molecule has 0 aliphatic carbocycles. The molecule has 7 heteroatoms. The highest BCUT2D eigenvalue weighted by Gasteiger charge is 2.25. The number of rotatable bonds is 2. The van der Waals surface area contributed by atoms with Gasteiger partial charge in [-0.2, -0.15) is 0 Å². The van der Waals surface area contributed by atoms with Crippen LogP contribution >= 0.6 is 39.0 Å². The smallest absolute Gasteiger partial charge is 0.282 e. The van der Waals surface area contributed by atoms with Crippen molar-refractivity contribution in [2.75, 3.05) is 0 Å². The molecule has 1 aromatic carbocycles. The zero-order chi connectivity index (χ0) is 14.1. The fraction of sp³-hybridized carbons (Fsp3) is 0. The fourth-order valence-corrected chi connectivity index (χ4v) is 3.50. The van der Waals surface area contributed by atoms with Crippen molar-refractivity contribution in [2.24, 2.45) is 0 Å². The molecule has 0 saturated carbocycles. The van der Waals surface area contributed by atoms with Crippen molar-refractivity contribution in [1.29, 1.82) is 0 Å². The first-order chi connectivity index (χ1) is 9.61. The van der Waals surface area contributed by atoms with Gasteiger partial charge in [0.25, 0.3) is 11.1 Å². The summed E-state index contributed by atoms with van der Waals surface area (Å²) in [4.78, 5) is 27.4. The summed E-state index contributed by atoms with van der Waals surface area (Å²) in [5.41, 5.74) is 1.69. The van der Waals surface area contributed by atoms with Crippen LogP contribution in [0.4, 0.5) is 4.79 Å². The molecule has 100 valence electrons. The maximum absolute atomic E-state index is 11.5. The molecule has 4 nitrogen and oxygen atoms in total. The van der Waals surface area contributed by atoms with Gasteiger partial charge < -0.3 is 0 Å². The summed E-state index contributed by atoms with van der Waals surface area (Å²) >= 11 is 5.81. The van der Waals surface area contributed by atoms with Crippen LogP contribution in [0.15, 0.2) is 39.0 Å². The van der Waals surface area contributed by atoms with Gasteiger partial charge in [-0.3, -0.25) is 14.9 Å². The molecule has 1 saturated heterocycles. The van der Waals surface area contributed by atoms with E-state index in [4.69, 9.17) is 0 Å². The highest BCUT2D eigenvalue weighted by molar-refractivity contribution is 9.10. The number of benzene rings is 1.